The highest BCUT2D eigenvalue weighted by atomic mass is 16.5. The summed E-state index contributed by atoms with van der Waals surface area (Å²) >= 11 is 0. The first-order chi connectivity index (χ1) is 18.8. The minimum atomic E-state index is -0.856. The molecule has 1 aromatic heterocycles. The summed E-state index contributed by atoms with van der Waals surface area (Å²) in [6.45, 7) is 4.75. The van der Waals surface area contributed by atoms with Gasteiger partial charge in [0.05, 0.1) is 13.4 Å². The molecule has 0 bridgehead atoms. The quantitative estimate of drug-likeness (QED) is 0.372. The molecule has 9 heteroatoms. The van der Waals surface area contributed by atoms with Crippen LogP contribution in [0.1, 0.15) is 43.5 Å². The Hall–Kier alpha value is -4.14. The summed E-state index contributed by atoms with van der Waals surface area (Å²) in [6, 6.07) is 16.1. The second-order valence-corrected chi connectivity index (χ2v) is 10.4. The number of benzene rings is 2. The third-order valence-electron chi connectivity index (χ3n) is 7.37. The maximum Gasteiger partial charge on any atom is 0.245 e. The Bertz CT molecular complexity index is 1250. The smallest absolute Gasteiger partial charge is 0.245 e. The molecule has 2 heterocycles. The zero-order chi connectivity index (χ0) is 27.8. The van der Waals surface area contributed by atoms with E-state index in [0.717, 1.165) is 18.4 Å². The number of H-pyrrole nitrogens is 1. The predicted octanol–water partition coefficient (Wildman–Crippen LogP) is 2.77. The molecule has 4 rings (SSSR count). The summed E-state index contributed by atoms with van der Waals surface area (Å²) < 4.78 is 5.27. The number of imidazole rings is 1. The number of rotatable bonds is 10. The van der Waals surface area contributed by atoms with Crippen molar-refractivity contribution in [3.8, 4) is 5.75 Å². The van der Waals surface area contributed by atoms with Gasteiger partial charge in [0.25, 0.3) is 0 Å². The zero-order valence-electron chi connectivity index (χ0n) is 22.8. The number of amides is 3. The number of nitrogens with zero attached hydrogens (tertiary/aromatic N) is 2. The highest BCUT2D eigenvalue weighted by Gasteiger charge is 2.37. The van der Waals surface area contributed by atoms with Crippen LogP contribution in [0.5, 0.6) is 5.75 Å². The molecule has 2 aromatic carbocycles. The zero-order valence-corrected chi connectivity index (χ0v) is 22.8. The molecular weight excluding hydrogens is 494 g/mol. The molecule has 3 unspecified atom stereocenters. The molecule has 0 saturated carbocycles. The molecule has 3 aromatic rings. The molecule has 1 saturated heterocycles. The number of aromatic amines is 1. The van der Waals surface area contributed by atoms with Gasteiger partial charge in [-0.25, -0.2) is 4.98 Å². The molecule has 39 heavy (non-hydrogen) atoms. The number of aromatic nitrogens is 2. The van der Waals surface area contributed by atoms with Crippen LogP contribution in [0.25, 0.3) is 0 Å². The van der Waals surface area contributed by atoms with Crippen LogP contribution in [0.15, 0.2) is 67.1 Å². The molecule has 1 aliphatic rings. The Morgan fingerprint density at radius 3 is 2.44 bits per heavy atom. The summed E-state index contributed by atoms with van der Waals surface area (Å²) in [6.07, 6.45) is 5.52. The van der Waals surface area contributed by atoms with E-state index < -0.39 is 18.0 Å². The first-order valence-electron chi connectivity index (χ1n) is 13.3. The highest BCUT2D eigenvalue weighted by molar-refractivity contribution is 5.92. The largest absolute Gasteiger partial charge is 0.497 e. The second kappa shape index (κ2) is 12.6. The van der Waals surface area contributed by atoms with E-state index in [1.165, 1.54) is 18.8 Å². The number of carbonyl (C=O) groups excluding carboxylic acids is 3. The van der Waals surface area contributed by atoms with E-state index in [2.05, 4.69) is 39.7 Å². The van der Waals surface area contributed by atoms with Crippen LogP contribution < -0.4 is 15.4 Å². The van der Waals surface area contributed by atoms with E-state index in [9.17, 15) is 14.4 Å². The van der Waals surface area contributed by atoms with Gasteiger partial charge in [-0.15, -0.1) is 0 Å². The van der Waals surface area contributed by atoms with Crippen molar-refractivity contribution in [1.29, 1.82) is 0 Å². The van der Waals surface area contributed by atoms with Crippen LogP contribution in [-0.2, 0) is 32.6 Å². The Kier molecular flexibility index (Phi) is 9.01. The van der Waals surface area contributed by atoms with E-state index in [-0.39, 0.29) is 23.7 Å². The number of likely N-dealkylation sites (tertiary alicyclic amines) is 1. The molecule has 3 N–H and O–H groups in total. The summed E-state index contributed by atoms with van der Waals surface area (Å²) in [4.78, 5) is 48.3. The monoisotopic (exact) mass is 531 g/mol. The molecule has 0 radical (unpaired) electrons. The average molecular weight is 532 g/mol. The van der Waals surface area contributed by atoms with Gasteiger partial charge >= 0.3 is 0 Å². The SMILES string of the molecule is COc1ccc(CC(NC(=O)C(Cc2cnc[nH]2)NC(C)=O)C(=O)N2CCCC(C)(c3ccccc3)C2)cc1. The number of hydrogen-bond acceptors (Lipinski definition) is 5. The Labute approximate surface area is 229 Å². The average Bonchev–Trinajstić information content (AvgIpc) is 3.46. The van der Waals surface area contributed by atoms with Gasteiger partial charge in [-0.1, -0.05) is 49.4 Å². The van der Waals surface area contributed by atoms with Crippen molar-refractivity contribution >= 4 is 17.7 Å². The van der Waals surface area contributed by atoms with Crippen molar-refractivity contribution in [2.45, 2.75) is 57.0 Å². The van der Waals surface area contributed by atoms with E-state index in [1.54, 1.807) is 13.3 Å². The fraction of sp³-hybridized carbons (Fsp3) is 0.400. The van der Waals surface area contributed by atoms with Crippen molar-refractivity contribution in [2.75, 3.05) is 20.2 Å². The molecular formula is C30H37N5O4. The van der Waals surface area contributed by atoms with Crippen molar-refractivity contribution in [3.63, 3.8) is 0 Å². The van der Waals surface area contributed by atoms with Gasteiger partial charge in [0.2, 0.25) is 17.7 Å². The lowest BCUT2D eigenvalue weighted by atomic mass is 9.76. The van der Waals surface area contributed by atoms with Gasteiger partial charge in [-0.3, -0.25) is 14.4 Å². The number of methoxy groups -OCH3 is 1. The van der Waals surface area contributed by atoms with Crippen LogP contribution in [0.2, 0.25) is 0 Å². The third kappa shape index (κ3) is 7.25. The van der Waals surface area contributed by atoms with E-state index in [1.807, 2.05) is 47.4 Å². The number of carbonyl (C=O) groups is 3. The summed E-state index contributed by atoms with van der Waals surface area (Å²) in [5.74, 6) is -0.174. The molecule has 1 fully saturated rings. The van der Waals surface area contributed by atoms with E-state index in [0.29, 0.717) is 31.0 Å². The first kappa shape index (κ1) is 27.9. The number of piperidine rings is 1. The van der Waals surface area contributed by atoms with Crippen LogP contribution in [-0.4, -0.2) is 64.9 Å². The van der Waals surface area contributed by atoms with Crippen molar-refractivity contribution < 1.29 is 19.1 Å². The molecule has 9 nitrogen and oxygen atoms in total. The van der Waals surface area contributed by atoms with E-state index >= 15 is 0 Å². The van der Waals surface area contributed by atoms with Crippen LogP contribution in [0.4, 0.5) is 0 Å². The highest BCUT2D eigenvalue weighted by Crippen LogP contribution is 2.34. The first-order valence-corrected chi connectivity index (χ1v) is 13.3. The molecule has 206 valence electrons. The van der Waals surface area contributed by atoms with Crippen molar-refractivity contribution in [2.24, 2.45) is 0 Å². The fourth-order valence-corrected chi connectivity index (χ4v) is 5.26. The summed E-state index contributed by atoms with van der Waals surface area (Å²) in [5.41, 5.74) is 2.62. The lowest BCUT2D eigenvalue weighted by Crippen LogP contribution is -2.58. The number of hydrogen-bond donors (Lipinski definition) is 3. The Morgan fingerprint density at radius 2 is 1.79 bits per heavy atom. The molecule has 3 amide bonds. The van der Waals surface area contributed by atoms with Gasteiger partial charge in [-0.2, -0.15) is 0 Å². The lowest BCUT2D eigenvalue weighted by molar-refractivity contribution is -0.139. The van der Waals surface area contributed by atoms with Crippen molar-refractivity contribution in [3.05, 3.63) is 83.9 Å². The topological polar surface area (TPSA) is 116 Å². The van der Waals surface area contributed by atoms with Gasteiger partial charge in [0, 0.05) is 50.2 Å². The summed E-state index contributed by atoms with van der Waals surface area (Å²) in [5, 5.41) is 5.68. The van der Waals surface area contributed by atoms with Crippen LogP contribution in [0.3, 0.4) is 0 Å². The predicted molar refractivity (Wildman–Crippen MR) is 148 cm³/mol. The minimum absolute atomic E-state index is 0.135. The maximum atomic E-state index is 14.0. The Morgan fingerprint density at radius 1 is 1.05 bits per heavy atom. The summed E-state index contributed by atoms with van der Waals surface area (Å²) in [7, 11) is 1.60. The second-order valence-electron chi connectivity index (χ2n) is 10.4. The van der Waals surface area contributed by atoms with Gasteiger partial charge in [0.15, 0.2) is 0 Å². The lowest BCUT2D eigenvalue weighted by Gasteiger charge is -2.42. The third-order valence-corrected chi connectivity index (χ3v) is 7.37. The molecule has 0 spiro atoms. The maximum absolute atomic E-state index is 14.0. The van der Waals surface area contributed by atoms with Crippen LogP contribution in [0, 0.1) is 0 Å². The van der Waals surface area contributed by atoms with Gasteiger partial charge in [0.1, 0.15) is 17.8 Å². The van der Waals surface area contributed by atoms with E-state index in [4.69, 9.17) is 4.74 Å². The van der Waals surface area contributed by atoms with Gasteiger partial charge < -0.3 is 25.3 Å². The Balaban J connectivity index is 1.57. The number of nitrogens with one attached hydrogen (secondary N) is 3. The van der Waals surface area contributed by atoms with Gasteiger partial charge in [-0.05, 0) is 36.1 Å². The normalized spacial score (nSPS) is 18.6. The number of ether oxygens (including phenoxy) is 1. The fourth-order valence-electron chi connectivity index (χ4n) is 5.26. The standard InChI is InChI=1S/C30H37N5O4/c1-21(36)33-26(17-24-18-31-20-32-24)28(37)34-27(16-22-10-12-25(39-3)13-11-22)29(38)35-15-7-14-30(2,19-35)23-8-5-4-6-9-23/h4-6,8-13,18,20,26-27H,7,14-17,19H2,1-3H3,(H,31,32)(H,33,36)(H,34,37). The van der Waals surface area contributed by atoms with Crippen LogP contribution >= 0.6 is 0 Å². The molecule has 3 atom stereocenters. The molecule has 0 aliphatic carbocycles. The van der Waals surface area contributed by atoms with Crippen molar-refractivity contribution in [1.82, 2.24) is 25.5 Å². The molecule has 1 aliphatic heterocycles. The minimum Gasteiger partial charge on any atom is -0.497 e.